The van der Waals surface area contributed by atoms with Crippen LogP contribution in [0.1, 0.15) is 21.6 Å². The number of hydrogen-bond acceptors (Lipinski definition) is 2. The number of rotatable bonds is 4. The highest BCUT2D eigenvalue weighted by Crippen LogP contribution is 2.34. The summed E-state index contributed by atoms with van der Waals surface area (Å²) in [6.07, 6.45) is 0. The lowest BCUT2D eigenvalue weighted by atomic mass is 10.1. The predicted octanol–water partition coefficient (Wildman–Crippen LogP) is 6.85. The first-order chi connectivity index (χ1) is 13.9. The molecule has 146 valence electrons. The Morgan fingerprint density at radius 3 is 2.48 bits per heavy atom. The number of amides is 1. The van der Waals surface area contributed by atoms with Crippen LogP contribution in [0.15, 0.2) is 76.5 Å². The molecule has 0 fully saturated rings. The number of fused-ring (bicyclic) bond motifs is 1. The molecule has 0 saturated carbocycles. The number of nitrogens with zero attached hydrogens (tertiary/aromatic N) is 1. The molecule has 0 aliphatic heterocycles. The van der Waals surface area contributed by atoms with E-state index in [1.807, 2.05) is 66.7 Å². The summed E-state index contributed by atoms with van der Waals surface area (Å²) < 4.78 is 2.16. The Kier molecular flexibility index (Phi) is 5.39. The van der Waals surface area contributed by atoms with Crippen LogP contribution in [0.3, 0.4) is 0 Å². The Balaban J connectivity index is 1.61. The number of anilines is 1. The van der Waals surface area contributed by atoms with Crippen molar-refractivity contribution in [1.29, 1.82) is 0 Å². The van der Waals surface area contributed by atoms with Crippen molar-refractivity contribution in [2.45, 2.75) is 23.6 Å². The molecule has 29 heavy (non-hydrogen) atoms. The van der Waals surface area contributed by atoms with Crippen LogP contribution in [0.25, 0.3) is 10.9 Å². The van der Waals surface area contributed by atoms with E-state index >= 15 is 0 Å². The Hall–Kier alpha value is -2.69. The summed E-state index contributed by atoms with van der Waals surface area (Å²) in [6, 6.07) is 21.4. The molecule has 0 radical (unpaired) electrons. The lowest BCUT2D eigenvalue weighted by Crippen LogP contribution is -2.12. The van der Waals surface area contributed by atoms with Gasteiger partial charge < -0.3 is 9.88 Å². The molecule has 0 atom stereocenters. The van der Waals surface area contributed by atoms with Crippen LogP contribution >= 0.6 is 23.4 Å². The van der Waals surface area contributed by atoms with Crippen molar-refractivity contribution in [1.82, 2.24) is 4.57 Å². The van der Waals surface area contributed by atoms with Gasteiger partial charge in [0, 0.05) is 44.0 Å². The van der Waals surface area contributed by atoms with E-state index in [1.54, 1.807) is 11.8 Å². The zero-order valence-corrected chi connectivity index (χ0v) is 18.1. The van der Waals surface area contributed by atoms with Gasteiger partial charge in [0.15, 0.2) is 0 Å². The molecule has 1 N–H and O–H groups in total. The maximum Gasteiger partial charge on any atom is 0.255 e. The van der Waals surface area contributed by atoms with Crippen LogP contribution < -0.4 is 5.32 Å². The smallest absolute Gasteiger partial charge is 0.255 e. The maximum absolute atomic E-state index is 13.0. The highest BCUT2D eigenvalue weighted by molar-refractivity contribution is 7.99. The van der Waals surface area contributed by atoms with Crippen LogP contribution in [0.5, 0.6) is 0 Å². The summed E-state index contributed by atoms with van der Waals surface area (Å²) in [5.74, 6) is -0.114. The van der Waals surface area contributed by atoms with Gasteiger partial charge in [0.05, 0.1) is 5.69 Å². The largest absolute Gasteiger partial charge is 0.348 e. The molecule has 1 aromatic heterocycles. The summed E-state index contributed by atoms with van der Waals surface area (Å²) in [6.45, 7) is 4.19. The van der Waals surface area contributed by atoms with E-state index in [4.69, 9.17) is 11.6 Å². The van der Waals surface area contributed by atoms with Gasteiger partial charge in [0.1, 0.15) is 0 Å². The second kappa shape index (κ2) is 7.97. The average Bonchev–Trinajstić information content (AvgIpc) is 2.95. The molecule has 0 bridgehead atoms. The summed E-state index contributed by atoms with van der Waals surface area (Å²) in [5.41, 5.74) is 4.99. The van der Waals surface area contributed by atoms with Crippen molar-refractivity contribution in [3.05, 3.63) is 88.6 Å². The van der Waals surface area contributed by atoms with Gasteiger partial charge >= 0.3 is 0 Å². The van der Waals surface area contributed by atoms with Gasteiger partial charge in [-0.05, 0) is 74.0 Å². The summed E-state index contributed by atoms with van der Waals surface area (Å²) in [7, 11) is 2.05. The molecular weight excluding hydrogens is 400 g/mol. The van der Waals surface area contributed by atoms with Crippen molar-refractivity contribution >= 4 is 45.9 Å². The normalized spacial score (nSPS) is 11.0. The Morgan fingerprint density at radius 1 is 1.00 bits per heavy atom. The Morgan fingerprint density at radius 2 is 1.72 bits per heavy atom. The fourth-order valence-electron chi connectivity index (χ4n) is 3.38. The number of nitrogens with one attached hydrogen (secondary N) is 1. The summed E-state index contributed by atoms with van der Waals surface area (Å²) >= 11 is 7.57. The third-order valence-electron chi connectivity index (χ3n) is 5.25. The first kappa shape index (κ1) is 19.6. The molecule has 1 heterocycles. The van der Waals surface area contributed by atoms with E-state index in [9.17, 15) is 4.79 Å². The molecule has 0 unspecified atom stereocenters. The van der Waals surface area contributed by atoms with E-state index in [2.05, 4.69) is 30.8 Å². The highest BCUT2D eigenvalue weighted by Gasteiger charge is 2.14. The van der Waals surface area contributed by atoms with Gasteiger partial charge in [0.25, 0.3) is 5.91 Å². The molecule has 5 heteroatoms. The van der Waals surface area contributed by atoms with Crippen molar-refractivity contribution in [3.8, 4) is 0 Å². The monoisotopic (exact) mass is 420 g/mol. The Bertz CT molecular complexity index is 1210. The number of carbonyl (C=O) groups is 1. The first-order valence-electron chi connectivity index (χ1n) is 9.33. The number of hydrogen-bond donors (Lipinski definition) is 1. The van der Waals surface area contributed by atoms with E-state index in [1.165, 1.54) is 11.3 Å². The van der Waals surface area contributed by atoms with Gasteiger partial charge in [-0.1, -0.05) is 35.5 Å². The number of benzene rings is 3. The van der Waals surface area contributed by atoms with Crippen LogP contribution in [0.2, 0.25) is 5.02 Å². The topological polar surface area (TPSA) is 34.0 Å². The molecule has 3 aromatic carbocycles. The maximum atomic E-state index is 13.0. The number of para-hydroxylation sites is 1. The van der Waals surface area contributed by atoms with Gasteiger partial charge in [0.2, 0.25) is 0 Å². The zero-order valence-electron chi connectivity index (χ0n) is 16.5. The van der Waals surface area contributed by atoms with Gasteiger partial charge in [-0.3, -0.25) is 4.79 Å². The molecule has 0 aliphatic carbocycles. The third-order valence-corrected chi connectivity index (χ3v) is 6.58. The fraction of sp³-hybridized carbons (Fsp3) is 0.125. The first-order valence-corrected chi connectivity index (χ1v) is 10.5. The van der Waals surface area contributed by atoms with Crippen LogP contribution in [0, 0.1) is 13.8 Å². The van der Waals surface area contributed by atoms with Crippen molar-refractivity contribution < 1.29 is 4.79 Å². The van der Waals surface area contributed by atoms with Crippen molar-refractivity contribution in [2.24, 2.45) is 7.05 Å². The molecule has 3 nitrogen and oxygen atoms in total. The van der Waals surface area contributed by atoms with Gasteiger partial charge in [-0.15, -0.1) is 0 Å². The number of aromatic nitrogens is 1. The quantitative estimate of drug-likeness (QED) is 0.391. The molecular formula is C24H21ClN2OS. The van der Waals surface area contributed by atoms with E-state index in [0.717, 1.165) is 26.4 Å². The standard InChI is InChI=1S/C24H21ClN2OS/c1-15-16(2)27(3)22-13-8-17(14-20(15)22)24(28)26-21-6-4-5-7-23(21)29-19-11-9-18(25)10-12-19/h4-14H,1-3H3,(H,26,28). The second-order valence-corrected chi connectivity index (χ2v) is 8.56. The van der Waals surface area contributed by atoms with E-state index < -0.39 is 0 Å². The minimum Gasteiger partial charge on any atom is -0.348 e. The van der Waals surface area contributed by atoms with Crippen molar-refractivity contribution in [3.63, 3.8) is 0 Å². The number of carbonyl (C=O) groups excluding carboxylic acids is 1. The molecule has 0 spiro atoms. The fourth-order valence-corrected chi connectivity index (χ4v) is 4.41. The Labute approximate surface area is 179 Å². The number of aryl methyl sites for hydroxylation is 2. The molecule has 1 amide bonds. The highest BCUT2D eigenvalue weighted by atomic mass is 35.5. The minimum absolute atomic E-state index is 0.114. The minimum atomic E-state index is -0.114. The van der Waals surface area contributed by atoms with Crippen LogP contribution in [-0.4, -0.2) is 10.5 Å². The zero-order chi connectivity index (χ0) is 20.5. The average molecular weight is 421 g/mol. The predicted molar refractivity (Wildman–Crippen MR) is 122 cm³/mol. The molecule has 4 aromatic rings. The second-order valence-electron chi connectivity index (χ2n) is 7.01. The molecule has 0 aliphatic rings. The van der Waals surface area contributed by atoms with E-state index in [0.29, 0.717) is 10.6 Å². The molecule has 0 saturated heterocycles. The van der Waals surface area contributed by atoms with Crippen LogP contribution in [-0.2, 0) is 7.05 Å². The summed E-state index contributed by atoms with van der Waals surface area (Å²) in [5, 5.41) is 4.89. The summed E-state index contributed by atoms with van der Waals surface area (Å²) in [4.78, 5) is 15.0. The van der Waals surface area contributed by atoms with Crippen LogP contribution in [0.4, 0.5) is 5.69 Å². The van der Waals surface area contributed by atoms with Crippen molar-refractivity contribution in [2.75, 3.05) is 5.32 Å². The van der Waals surface area contributed by atoms with E-state index in [-0.39, 0.29) is 5.91 Å². The lowest BCUT2D eigenvalue weighted by Gasteiger charge is -2.11. The lowest BCUT2D eigenvalue weighted by molar-refractivity contribution is 0.102. The van der Waals surface area contributed by atoms with Gasteiger partial charge in [-0.25, -0.2) is 0 Å². The third kappa shape index (κ3) is 3.91. The number of halogens is 1. The van der Waals surface area contributed by atoms with Gasteiger partial charge in [-0.2, -0.15) is 0 Å². The SMILES string of the molecule is Cc1c(C)n(C)c2ccc(C(=O)Nc3ccccc3Sc3ccc(Cl)cc3)cc12. The molecule has 4 rings (SSSR count).